The van der Waals surface area contributed by atoms with Gasteiger partial charge in [0.15, 0.2) is 0 Å². The van der Waals surface area contributed by atoms with Crippen molar-refractivity contribution in [3.05, 3.63) is 54.2 Å². The van der Waals surface area contributed by atoms with Crippen molar-refractivity contribution < 1.29 is 4.79 Å². The first kappa shape index (κ1) is 24.4. The summed E-state index contributed by atoms with van der Waals surface area (Å²) in [7, 11) is 0. The van der Waals surface area contributed by atoms with E-state index in [1.807, 2.05) is 30.3 Å². The van der Waals surface area contributed by atoms with Crippen LogP contribution in [0.2, 0.25) is 0 Å². The Morgan fingerprint density at radius 3 is 2.43 bits per heavy atom. The molecule has 2 aromatic rings. The molecule has 3 N–H and O–H groups in total. The van der Waals surface area contributed by atoms with Gasteiger partial charge in [-0.1, -0.05) is 30.3 Å². The molecule has 8 heteroatoms. The fourth-order valence-corrected chi connectivity index (χ4v) is 4.27. The van der Waals surface area contributed by atoms with Crippen LogP contribution in [-0.2, 0) is 4.79 Å². The third-order valence-corrected chi connectivity index (χ3v) is 5.75. The monoisotopic (exact) mass is 451 g/mol. The van der Waals surface area contributed by atoms with Gasteiger partial charge in [0.1, 0.15) is 5.82 Å². The fourth-order valence-electron chi connectivity index (χ4n) is 4.27. The third kappa shape index (κ3) is 6.08. The molecule has 164 valence electrons. The molecule has 0 aliphatic carbocycles. The number of aromatic nitrogens is 1. The number of pyridine rings is 1. The number of nitrogens with zero attached hydrogens (tertiary/aromatic N) is 3. The molecular formula is C22H31Cl2N5O. The number of nitrogens with one attached hydrogen (secondary N) is 1. The van der Waals surface area contributed by atoms with Crippen molar-refractivity contribution in [2.75, 3.05) is 42.9 Å². The summed E-state index contributed by atoms with van der Waals surface area (Å²) in [5.74, 6) is 1.25. The zero-order valence-electron chi connectivity index (χ0n) is 17.1. The van der Waals surface area contributed by atoms with Gasteiger partial charge in [-0.2, -0.15) is 0 Å². The van der Waals surface area contributed by atoms with Crippen molar-refractivity contribution in [1.29, 1.82) is 0 Å². The first-order valence-corrected chi connectivity index (χ1v) is 10.2. The number of halogens is 2. The molecule has 2 saturated heterocycles. The summed E-state index contributed by atoms with van der Waals surface area (Å²) < 4.78 is 0. The highest BCUT2D eigenvalue weighted by Gasteiger charge is 2.32. The summed E-state index contributed by atoms with van der Waals surface area (Å²) in [6.07, 6.45) is 5.50. The lowest BCUT2D eigenvalue weighted by molar-refractivity contribution is -0.117. The normalized spacial score (nSPS) is 21.4. The summed E-state index contributed by atoms with van der Waals surface area (Å²) in [5.41, 5.74) is 8.32. The number of carbonyl (C=O) groups excluding carboxylic acids is 1. The second kappa shape index (κ2) is 11.5. The lowest BCUT2D eigenvalue weighted by atomic mass is 9.95. The predicted octanol–water partition coefficient (Wildman–Crippen LogP) is 3.28. The Morgan fingerprint density at radius 1 is 1.03 bits per heavy atom. The molecule has 0 radical (unpaired) electrons. The number of amides is 1. The minimum atomic E-state index is -0.0200. The van der Waals surface area contributed by atoms with Crippen molar-refractivity contribution in [3.8, 4) is 0 Å². The molecule has 0 bridgehead atoms. The van der Waals surface area contributed by atoms with Gasteiger partial charge in [-0.15, -0.1) is 24.8 Å². The summed E-state index contributed by atoms with van der Waals surface area (Å²) in [5, 5.41) is 2.97. The van der Waals surface area contributed by atoms with Gasteiger partial charge in [-0.3, -0.25) is 9.69 Å². The van der Waals surface area contributed by atoms with Crippen LogP contribution < -0.4 is 16.0 Å². The van der Waals surface area contributed by atoms with Crippen LogP contribution in [0.25, 0.3) is 0 Å². The first-order valence-electron chi connectivity index (χ1n) is 10.2. The van der Waals surface area contributed by atoms with Crippen molar-refractivity contribution in [3.63, 3.8) is 0 Å². The van der Waals surface area contributed by atoms with Crippen LogP contribution in [0.5, 0.6) is 0 Å². The van der Waals surface area contributed by atoms with Crippen LogP contribution in [0.1, 0.15) is 30.7 Å². The van der Waals surface area contributed by atoms with Gasteiger partial charge in [0.2, 0.25) is 5.91 Å². The smallest absolute Gasteiger partial charge is 0.238 e. The topological polar surface area (TPSA) is 74.5 Å². The van der Waals surface area contributed by atoms with Crippen LogP contribution in [0.3, 0.4) is 0 Å². The van der Waals surface area contributed by atoms with E-state index in [-0.39, 0.29) is 42.7 Å². The summed E-state index contributed by atoms with van der Waals surface area (Å²) in [4.78, 5) is 21.4. The van der Waals surface area contributed by atoms with E-state index < -0.39 is 0 Å². The lowest BCUT2D eigenvalue weighted by Crippen LogP contribution is -2.33. The Hall–Kier alpha value is -1.86. The molecule has 3 heterocycles. The molecule has 1 aromatic heterocycles. The zero-order valence-corrected chi connectivity index (χ0v) is 18.7. The highest BCUT2D eigenvalue weighted by atomic mass is 35.5. The number of benzene rings is 1. The molecule has 6 nitrogen and oxygen atoms in total. The second-order valence-corrected chi connectivity index (χ2v) is 7.88. The molecular weight excluding hydrogens is 421 g/mol. The summed E-state index contributed by atoms with van der Waals surface area (Å²) in [6, 6.07) is 14.3. The molecule has 2 atom stereocenters. The molecule has 0 saturated carbocycles. The van der Waals surface area contributed by atoms with Gasteiger partial charge in [-0.05, 0) is 37.0 Å². The molecule has 0 spiro atoms. The number of hydrogen-bond acceptors (Lipinski definition) is 5. The summed E-state index contributed by atoms with van der Waals surface area (Å²) >= 11 is 0. The number of piperidine rings is 1. The second-order valence-electron chi connectivity index (χ2n) is 7.88. The standard InChI is InChI=1S/C22H29N5O.2ClH/c23-20-15-26(14-19(20)17-7-3-1-4-8-17)16-22(28)25-18-9-10-21(24-13-18)27-11-5-2-6-12-27;;/h1,3-4,7-10,13,19-20H,2,5-6,11-12,14-16,23H2,(H,25,28);2*1H/t19-,20+;;/m0../s1. The van der Waals surface area contributed by atoms with E-state index in [0.29, 0.717) is 6.54 Å². The number of likely N-dealkylation sites (tertiary alicyclic amines) is 1. The Morgan fingerprint density at radius 2 is 1.77 bits per heavy atom. The highest BCUT2D eigenvalue weighted by Crippen LogP contribution is 2.26. The highest BCUT2D eigenvalue weighted by molar-refractivity contribution is 5.92. The number of carbonyl (C=O) groups is 1. The molecule has 4 rings (SSSR count). The zero-order chi connectivity index (χ0) is 19.3. The van der Waals surface area contributed by atoms with Gasteiger partial charge in [0, 0.05) is 38.1 Å². The Labute approximate surface area is 191 Å². The quantitative estimate of drug-likeness (QED) is 0.729. The van der Waals surface area contributed by atoms with Crippen LogP contribution >= 0.6 is 24.8 Å². The van der Waals surface area contributed by atoms with Crippen LogP contribution in [0.15, 0.2) is 48.7 Å². The largest absolute Gasteiger partial charge is 0.357 e. The van der Waals surface area contributed by atoms with Crippen LogP contribution in [-0.4, -0.2) is 54.6 Å². The minimum absolute atomic E-state index is 0. The molecule has 2 fully saturated rings. The van der Waals surface area contributed by atoms with Gasteiger partial charge < -0.3 is 16.0 Å². The molecule has 1 aromatic carbocycles. The Bertz CT molecular complexity index is 784. The number of rotatable bonds is 5. The molecule has 2 aliphatic heterocycles. The molecule has 30 heavy (non-hydrogen) atoms. The number of hydrogen-bond donors (Lipinski definition) is 2. The minimum Gasteiger partial charge on any atom is -0.357 e. The maximum Gasteiger partial charge on any atom is 0.238 e. The first-order chi connectivity index (χ1) is 13.7. The van der Waals surface area contributed by atoms with E-state index >= 15 is 0 Å². The van der Waals surface area contributed by atoms with Gasteiger partial charge in [0.05, 0.1) is 18.4 Å². The van der Waals surface area contributed by atoms with E-state index in [1.165, 1.54) is 24.8 Å². The van der Waals surface area contributed by atoms with E-state index in [1.54, 1.807) is 6.20 Å². The average molecular weight is 452 g/mol. The van der Waals surface area contributed by atoms with E-state index in [2.05, 4.69) is 32.2 Å². The lowest BCUT2D eigenvalue weighted by Gasteiger charge is -2.27. The Balaban J connectivity index is 0.00000160. The van der Waals surface area contributed by atoms with Crippen LogP contribution in [0.4, 0.5) is 11.5 Å². The average Bonchev–Trinajstić information content (AvgIpc) is 3.09. The van der Waals surface area contributed by atoms with Crippen molar-refractivity contribution >= 4 is 42.2 Å². The van der Waals surface area contributed by atoms with E-state index in [9.17, 15) is 4.79 Å². The van der Waals surface area contributed by atoms with Gasteiger partial charge in [-0.25, -0.2) is 4.98 Å². The molecule has 0 unspecified atom stereocenters. The van der Waals surface area contributed by atoms with E-state index in [0.717, 1.165) is 37.7 Å². The van der Waals surface area contributed by atoms with E-state index in [4.69, 9.17) is 5.73 Å². The predicted molar refractivity (Wildman–Crippen MR) is 127 cm³/mol. The van der Waals surface area contributed by atoms with Gasteiger partial charge >= 0.3 is 0 Å². The fraction of sp³-hybridized carbons (Fsp3) is 0.455. The van der Waals surface area contributed by atoms with Crippen molar-refractivity contribution in [2.24, 2.45) is 5.73 Å². The van der Waals surface area contributed by atoms with Crippen molar-refractivity contribution in [2.45, 2.75) is 31.2 Å². The van der Waals surface area contributed by atoms with Crippen molar-refractivity contribution in [1.82, 2.24) is 9.88 Å². The van der Waals surface area contributed by atoms with Gasteiger partial charge in [0.25, 0.3) is 0 Å². The number of anilines is 2. The third-order valence-electron chi connectivity index (χ3n) is 5.75. The number of nitrogens with two attached hydrogens (primary N) is 1. The van der Waals surface area contributed by atoms with Crippen LogP contribution in [0, 0.1) is 0 Å². The maximum absolute atomic E-state index is 12.5. The molecule has 1 amide bonds. The maximum atomic E-state index is 12.5. The Kier molecular flexibility index (Phi) is 9.37. The molecule has 2 aliphatic rings. The SMILES string of the molecule is Cl.Cl.N[C@@H]1CN(CC(=O)Nc2ccc(N3CCCCC3)nc2)C[C@H]1c1ccccc1. The summed E-state index contributed by atoms with van der Waals surface area (Å²) in [6.45, 7) is 4.03.